The monoisotopic (exact) mass is 148 g/mol. The van der Waals surface area contributed by atoms with Crippen molar-refractivity contribution in [2.45, 2.75) is 12.8 Å². The Morgan fingerprint density at radius 2 is 2.36 bits per heavy atom. The highest BCUT2D eigenvalue weighted by molar-refractivity contribution is 5.87. The van der Waals surface area contributed by atoms with E-state index in [1.54, 1.807) is 0 Å². The second-order valence-corrected chi connectivity index (χ2v) is 2.32. The molecule has 0 aromatic carbocycles. The molecule has 11 heavy (non-hydrogen) atoms. The second kappa shape index (κ2) is 3.68. The number of terminal acetylenes is 1. The molecule has 0 N–H and O–H groups in total. The van der Waals surface area contributed by atoms with Gasteiger partial charge in [-0.1, -0.05) is 11.8 Å². The van der Waals surface area contributed by atoms with Crippen LogP contribution in [0.3, 0.4) is 0 Å². The summed E-state index contributed by atoms with van der Waals surface area (Å²) < 4.78 is 4.52. The van der Waals surface area contributed by atoms with Crippen LogP contribution in [0.5, 0.6) is 0 Å². The van der Waals surface area contributed by atoms with Gasteiger partial charge in [-0.2, -0.15) is 0 Å². The van der Waals surface area contributed by atoms with E-state index in [1.807, 2.05) is 5.92 Å². The number of esters is 1. The minimum absolute atomic E-state index is 0.125. The molecular formula is C9H8O2. The van der Waals surface area contributed by atoms with E-state index in [9.17, 15) is 4.79 Å². The molecule has 0 aliphatic heterocycles. The Kier molecular flexibility index (Phi) is 2.58. The Morgan fingerprint density at radius 1 is 1.64 bits per heavy atom. The van der Waals surface area contributed by atoms with Crippen LogP contribution in [0.1, 0.15) is 12.8 Å². The van der Waals surface area contributed by atoms with Crippen molar-refractivity contribution >= 4 is 5.97 Å². The maximum absolute atomic E-state index is 10.3. The van der Waals surface area contributed by atoms with E-state index in [-0.39, 0.29) is 6.61 Å². The highest BCUT2D eigenvalue weighted by Gasteiger charge is 2.17. The third kappa shape index (κ3) is 3.33. The smallest absolute Gasteiger partial charge is 0.385 e. The lowest BCUT2D eigenvalue weighted by atomic mass is 10.4. The van der Waals surface area contributed by atoms with Gasteiger partial charge in [-0.15, -0.1) is 6.42 Å². The van der Waals surface area contributed by atoms with E-state index in [4.69, 9.17) is 6.42 Å². The number of hydrogen-bond donors (Lipinski definition) is 0. The SMILES string of the molecule is C#CC(=O)OCC#CC1CC1. The van der Waals surface area contributed by atoms with E-state index in [0.717, 1.165) is 0 Å². The number of hydrogen-bond acceptors (Lipinski definition) is 2. The van der Waals surface area contributed by atoms with Gasteiger partial charge in [-0.05, 0) is 12.8 Å². The van der Waals surface area contributed by atoms with Crippen molar-refractivity contribution in [2.75, 3.05) is 6.61 Å². The average Bonchev–Trinajstić information content (AvgIpc) is 2.81. The molecule has 0 saturated heterocycles. The third-order valence-electron chi connectivity index (χ3n) is 1.28. The van der Waals surface area contributed by atoms with Crippen LogP contribution in [0.15, 0.2) is 0 Å². The lowest BCUT2D eigenvalue weighted by Crippen LogP contribution is -2.00. The number of ether oxygens (including phenoxy) is 1. The summed E-state index contributed by atoms with van der Waals surface area (Å²) in [5.41, 5.74) is 0. The lowest BCUT2D eigenvalue weighted by molar-refractivity contribution is -0.135. The van der Waals surface area contributed by atoms with Crippen LogP contribution in [0.25, 0.3) is 0 Å². The molecule has 1 aliphatic carbocycles. The Balaban J connectivity index is 2.09. The van der Waals surface area contributed by atoms with E-state index >= 15 is 0 Å². The van der Waals surface area contributed by atoms with Crippen LogP contribution in [-0.4, -0.2) is 12.6 Å². The fraction of sp³-hybridized carbons (Fsp3) is 0.444. The molecule has 1 saturated carbocycles. The van der Waals surface area contributed by atoms with Crippen molar-refractivity contribution in [3.63, 3.8) is 0 Å². The van der Waals surface area contributed by atoms with Gasteiger partial charge in [-0.25, -0.2) is 4.79 Å². The van der Waals surface area contributed by atoms with Gasteiger partial charge >= 0.3 is 5.97 Å². The minimum Gasteiger partial charge on any atom is -0.443 e. The Morgan fingerprint density at radius 3 is 2.91 bits per heavy atom. The molecule has 2 nitrogen and oxygen atoms in total. The molecule has 0 aromatic heterocycles. The first-order valence-electron chi connectivity index (χ1n) is 3.44. The fourth-order valence-electron chi connectivity index (χ4n) is 0.557. The standard InChI is InChI=1S/C9H8O2/c1-2-9(10)11-7-3-4-8-5-6-8/h1,8H,5-7H2. The van der Waals surface area contributed by atoms with Gasteiger partial charge in [0.2, 0.25) is 0 Å². The van der Waals surface area contributed by atoms with E-state index in [2.05, 4.69) is 16.6 Å². The lowest BCUT2D eigenvalue weighted by Gasteiger charge is -1.89. The van der Waals surface area contributed by atoms with Crippen molar-refractivity contribution < 1.29 is 9.53 Å². The quantitative estimate of drug-likeness (QED) is 0.309. The van der Waals surface area contributed by atoms with Gasteiger partial charge in [0.05, 0.1) is 0 Å². The molecule has 0 amide bonds. The molecule has 2 heteroatoms. The summed E-state index contributed by atoms with van der Waals surface area (Å²) in [7, 11) is 0. The van der Waals surface area contributed by atoms with E-state index in [1.165, 1.54) is 12.8 Å². The maximum atomic E-state index is 10.3. The van der Waals surface area contributed by atoms with Crippen molar-refractivity contribution in [1.82, 2.24) is 0 Å². The molecule has 1 aliphatic rings. The predicted molar refractivity (Wildman–Crippen MR) is 40.3 cm³/mol. The molecule has 0 atom stereocenters. The first kappa shape index (κ1) is 7.69. The highest BCUT2D eigenvalue weighted by atomic mass is 16.5. The third-order valence-corrected chi connectivity index (χ3v) is 1.28. The van der Waals surface area contributed by atoms with Gasteiger partial charge in [0.1, 0.15) is 0 Å². The van der Waals surface area contributed by atoms with Crippen LogP contribution in [0, 0.1) is 30.1 Å². The highest BCUT2D eigenvalue weighted by Crippen LogP contribution is 2.27. The number of rotatable bonds is 1. The topological polar surface area (TPSA) is 26.3 Å². The Bertz CT molecular complexity index is 245. The first-order valence-corrected chi connectivity index (χ1v) is 3.44. The zero-order valence-corrected chi connectivity index (χ0v) is 6.09. The summed E-state index contributed by atoms with van der Waals surface area (Å²) in [5.74, 6) is 7.40. The van der Waals surface area contributed by atoms with Crippen LogP contribution >= 0.6 is 0 Å². The second-order valence-electron chi connectivity index (χ2n) is 2.32. The summed E-state index contributed by atoms with van der Waals surface area (Å²) in [4.78, 5) is 10.3. The Hall–Kier alpha value is -1.41. The normalized spacial score (nSPS) is 14.1. The zero-order chi connectivity index (χ0) is 8.10. The van der Waals surface area contributed by atoms with Crippen LogP contribution in [0.4, 0.5) is 0 Å². The molecule has 0 spiro atoms. The van der Waals surface area contributed by atoms with Crippen molar-refractivity contribution in [3.05, 3.63) is 0 Å². The summed E-state index contributed by atoms with van der Waals surface area (Å²) >= 11 is 0. The molecule has 0 unspecified atom stereocenters. The molecule has 0 bridgehead atoms. The van der Waals surface area contributed by atoms with Crippen LogP contribution < -0.4 is 0 Å². The summed E-state index contributed by atoms with van der Waals surface area (Å²) in [6, 6.07) is 0. The molecule has 0 heterocycles. The first-order chi connectivity index (χ1) is 5.33. The Labute approximate surface area is 65.9 Å². The zero-order valence-electron chi connectivity index (χ0n) is 6.09. The molecule has 0 radical (unpaired) electrons. The minimum atomic E-state index is -0.643. The number of carbonyl (C=O) groups is 1. The average molecular weight is 148 g/mol. The molecule has 56 valence electrons. The molecule has 0 aromatic rings. The van der Waals surface area contributed by atoms with Gasteiger partial charge in [0.15, 0.2) is 6.61 Å². The van der Waals surface area contributed by atoms with E-state index < -0.39 is 5.97 Å². The number of carbonyl (C=O) groups excluding carboxylic acids is 1. The van der Waals surface area contributed by atoms with Gasteiger partial charge in [-0.3, -0.25) is 0 Å². The van der Waals surface area contributed by atoms with Crippen molar-refractivity contribution in [3.8, 4) is 24.2 Å². The van der Waals surface area contributed by atoms with Crippen molar-refractivity contribution in [2.24, 2.45) is 5.92 Å². The molecule has 1 fully saturated rings. The maximum Gasteiger partial charge on any atom is 0.385 e. The fourth-order valence-corrected chi connectivity index (χ4v) is 0.557. The largest absolute Gasteiger partial charge is 0.443 e. The van der Waals surface area contributed by atoms with E-state index in [0.29, 0.717) is 5.92 Å². The van der Waals surface area contributed by atoms with Crippen LogP contribution in [0.2, 0.25) is 0 Å². The summed E-state index contributed by atoms with van der Waals surface area (Å²) in [6.45, 7) is 0.125. The van der Waals surface area contributed by atoms with Crippen molar-refractivity contribution in [1.29, 1.82) is 0 Å². The summed E-state index contributed by atoms with van der Waals surface area (Å²) in [5, 5.41) is 0. The predicted octanol–water partition coefficient (Wildman–Crippen LogP) is 0.576. The van der Waals surface area contributed by atoms with Crippen LogP contribution in [-0.2, 0) is 9.53 Å². The molecular weight excluding hydrogens is 140 g/mol. The van der Waals surface area contributed by atoms with Gasteiger partial charge < -0.3 is 4.74 Å². The van der Waals surface area contributed by atoms with Gasteiger partial charge in [0, 0.05) is 11.8 Å². The van der Waals surface area contributed by atoms with Gasteiger partial charge in [0.25, 0.3) is 0 Å². The summed E-state index contributed by atoms with van der Waals surface area (Å²) in [6.07, 6.45) is 7.11. The molecule has 1 rings (SSSR count).